The van der Waals surface area contributed by atoms with Gasteiger partial charge in [-0.1, -0.05) is 85.8 Å². The first kappa shape index (κ1) is 29.5. The maximum atomic E-state index is 13.8. The number of nitrogen functional groups attached to an aromatic ring is 1. The molecule has 9 nitrogen and oxygen atoms in total. The van der Waals surface area contributed by atoms with Crippen LogP contribution in [-0.2, 0) is 27.8 Å². The number of aromatic nitrogens is 1. The molecule has 1 heterocycles. The van der Waals surface area contributed by atoms with E-state index in [-0.39, 0.29) is 36.9 Å². The normalized spacial score (nSPS) is 13.4. The SMILES string of the molecule is CC(C)CN(C[C@@H](O)[C@H](Cc1ccccc1)NC(=O)OCc1ccccc1)S(=O)(=O)c1ccc2nc(N)sc2c1. The molecule has 1 aromatic heterocycles. The van der Waals surface area contributed by atoms with Gasteiger partial charge in [-0.3, -0.25) is 0 Å². The van der Waals surface area contributed by atoms with E-state index in [1.165, 1.54) is 21.7 Å². The van der Waals surface area contributed by atoms with E-state index in [2.05, 4.69) is 10.3 Å². The van der Waals surface area contributed by atoms with Gasteiger partial charge < -0.3 is 20.9 Å². The van der Waals surface area contributed by atoms with E-state index >= 15 is 0 Å². The number of fused-ring (bicyclic) bond motifs is 1. The fourth-order valence-electron chi connectivity index (χ4n) is 4.31. The van der Waals surface area contributed by atoms with Gasteiger partial charge >= 0.3 is 6.09 Å². The molecule has 0 saturated carbocycles. The van der Waals surface area contributed by atoms with Crippen molar-refractivity contribution in [3.05, 3.63) is 90.0 Å². The van der Waals surface area contributed by atoms with Crippen LogP contribution in [0.4, 0.5) is 9.93 Å². The van der Waals surface area contributed by atoms with E-state index in [0.717, 1.165) is 11.1 Å². The molecule has 4 aromatic rings. The molecule has 0 unspecified atom stereocenters. The van der Waals surface area contributed by atoms with Crippen LogP contribution in [0.3, 0.4) is 0 Å². The van der Waals surface area contributed by atoms with Gasteiger partial charge in [-0.15, -0.1) is 0 Å². The zero-order valence-corrected chi connectivity index (χ0v) is 24.1. The minimum absolute atomic E-state index is 0.0128. The van der Waals surface area contributed by atoms with Crippen LogP contribution in [-0.4, -0.2) is 54.1 Å². The molecule has 0 aliphatic heterocycles. The molecule has 212 valence electrons. The van der Waals surface area contributed by atoms with Crippen LogP contribution in [0.25, 0.3) is 10.2 Å². The minimum Gasteiger partial charge on any atom is -0.445 e. The molecular formula is C29H34N4O5S2. The number of ether oxygens (including phenoxy) is 1. The highest BCUT2D eigenvalue weighted by atomic mass is 32.2. The van der Waals surface area contributed by atoms with Crippen LogP contribution in [0.5, 0.6) is 0 Å². The Bertz CT molecular complexity index is 1510. The average molecular weight is 583 g/mol. The molecule has 2 atom stereocenters. The summed E-state index contributed by atoms with van der Waals surface area (Å²) in [6, 6.07) is 22.5. The van der Waals surface area contributed by atoms with Gasteiger partial charge in [0, 0.05) is 13.1 Å². The van der Waals surface area contributed by atoms with Crippen LogP contribution in [0.2, 0.25) is 0 Å². The van der Waals surface area contributed by atoms with Gasteiger partial charge in [-0.25, -0.2) is 18.2 Å². The molecule has 1 amide bonds. The minimum atomic E-state index is -3.99. The third-order valence-electron chi connectivity index (χ3n) is 6.25. The number of hydrogen-bond donors (Lipinski definition) is 3. The summed E-state index contributed by atoms with van der Waals surface area (Å²) in [5.41, 5.74) is 8.13. The Balaban J connectivity index is 1.55. The Labute approximate surface area is 238 Å². The number of rotatable bonds is 12. The van der Waals surface area contributed by atoms with Gasteiger partial charge in [0.1, 0.15) is 6.61 Å². The first-order valence-corrected chi connectivity index (χ1v) is 15.2. The first-order chi connectivity index (χ1) is 19.1. The van der Waals surface area contributed by atoms with Gasteiger partial charge in [0.05, 0.1) is 27.3 Å². The Hall–Kier alpha value is -3.51. The first-order valence-electron chi connectivity index (χ1n) is 13.0. The topological polar surface area (TPSA) is 135 Å². The quantitative estimate of drug-likeness (QED) is 0.225. The summed E-state index contributed by atoms with van der Waals surface area (Å²) in [5, 5.41) is 14.5. The van der Waals surface area contributed by atoms with Crippen molar-refractivity contribution in [2.45, 2.75) is 43.9 Å². The lowest BCUT2D eigenvalue weighted by molar-refractivity contribution is 0.0873. The van der Waals surface area contributed by atoms with Crippen molar-refractivity contribution in [1.82, 2.24) is 14.6 Å². The number of thiazole rings is 1. The van der Waals surface area contributed by atoms with Crippen molar-refractivity contribution in [2.75, 3.05) is 18.8 Å². The van der Waals surface area contributed by atoms with Crippen molar-refractivity contribution >= 4 is 42.8 Å². The molecule has 40 heavy (non-hydrogen) atoms. The third-order valence-corrected chi connectivity index (χ3v) is 8.93. The van der Waals surface area contributed by atoms with Crippen molar-refractivity contribution in [1.29, 1.82) is 0 Å². The van der Waals surface area contributed by atoms with Crippen LogP contribution in [0, 0.1) is 5.92 Å². The summed E-state index contributed by atoms with van der Waals surface area (Å²) < 4.78 is 34.9. The number of nitrogens with two attached hydrogens (primary N) is 1. The van der Waals surface area contributed by atoms with Gasteiger partial charge in [-0.05, 0) is 41.7 Å². The number of carbonyl (C=O) groups excluding carboxylic acids is 1. The largest absolute Gasteiger partial charge is 0.445 e. The number of nitrogens with one attached hydrogen (secondary N) is 1. The summed E-state index contributed by atoms with van der Waals surface area (Å²) in [4.78, 5) is 17.0. The Morgan fingerprint density at radius 3 is 2.33 bits per heavy atom. The van der Waals surface area contributed by atoms with Gasteiger partial charge in [0.2, 0.25) is 10.0 Å². The van der Waals surface area contributed by atoms with Gasteiger partial charge in [-0.2, -0.15) is 4.31 Å². The highest BCUT2D eigenvalue weighted by molar-refractivity contribution is 7.89. The standard InChI is InChI=1S/C29H34N4O5S2/c1-20(2)17-33(40(36,37)23-13-14-24-27(16-23)39-28(30)31-24)18-26(34)25(15-21-9-5-3-6-10-21)32-29(35)38-19-22-11-7-4-8-12-22/h3-14,16,20,25-26,34H,15,17-19H2,1-2H3,(H2,30,31)(H,32,35)/t25-,26+/m0/s1. The monoisotopic (exact) mass is 582 g/mol. The number of aliphatic hydroxyl groups is 1. The highest BCUT2D eigenvalue weighted by Gasteiger charge is 2.32. The maximum absolute atomic E-state index is 13.8. The number of hydrogen-bond acceptors (Lipinski definition) is 8. The summed E-state index contributed by atoms with van der Waals surface area (Å²) in [6.45, 7) is 3.84. The van der Waals surface area contributed by atoms with Gasteiger partial charge in [0.25, 0.3) is 0 Å². The van der Waals surface area contributed by atoms with E-state index in [1.807, 2.05) is 74.5 Å². The number of amides is 1. The lowest BCUT2D eigenvalue weighted by atomic mass is 10.0. The molecule has 0 bridgehead atoms. The van der Waals surface area contributed by atoms with Crippen LogP contribution >= 0.6 is 11.3 Å². The summed E-state index contributed by atoms with van der Waals surface area (Å²) >= 11 is 1.21. The summed E-state index contributed by atoms with van der Waals surface area (Å²) in [7, 11) is -3.99. The number of sulfonamides is 1. The van der Waals surface area contributed by atoms with Gasteiger partial charge in [0.15, 0.2) is 5.13 Å². The molecule has 0 spiro atoms. The Kier molecular flexibility index (Phi) is 9.75. The van der Waals surface area contributed by atoms with E-state index in [1.54, 1.807) is 12.1 Å². The number of nitrogens with zero attached hydrogens (tertiary/aromatic N) is 2. The second kappa shape index (κ2) is 13.2. The molecule has 0 radical (unpaired) electrons. The van der Waals surface area contributed by atoms with Crippen LogP contribution < -0.4 is 11.1 Å². The van der Waals surface area contributed by atoms with E-state index < -0.39 is 28.3 Å². The zero-order valence-electron chi connectivity index (χ0n) is 22.4. The molecule has 0 fully saturated rings. The van der Waals surface area contributed by atoms with E-state index in [4.69, 9.17) is 10.5 Å². The molecule has 0 saturated heterocycles. The lowest BCUT2D eigenvalue weighted by Gasteiger charge is -2.30. The summed E-state index contributed by atoms with van der Waals surface area (Å²) in [6.07, 6.45) is -1.64. The van der Waals surface area contributed by atoms with Crippen molar-refractivity contribution < 1.29 is 23.1 Å². The van der Waals surface area contributed by atoms with Crippen molar-refractivity contribution in [2.24, 2.45) is 5.92 Å². The van der Waals surface area contributed by atoms with Crippen LogP contribution in [0.15, 0.2) is 83.8 Å². The van der Waals surface area contributed by atoms with Crippen LogP contribution in [0.1, 0.15) is 25.0 Å². The Morgan fingerprint density at radius 1 is 1.02 bits per heavy atom. The molecule has 4 N–H and O–H groups in total. The zero-order chi connectivity index (χ0) is 28.7. The fourth-order valence-corrected chi connectivity index (χ4v) is 6.81. The average Bonchev–Trinajstić information content (AvgIpc) is 3.31. The highest BCUT2D eigenvalue weighted by Crippen LogP contribution is 2.28. The molecule has 3 aromatic carbocycles. The second-order valence-electron chi connectivity index (χ2n) is 9.97. The number of carbonyl (C=O) groups is 1. The fraction of sp³-hybridized carbons (Fsp3) is 0.310. The molecular weight excluding hydrogens is 548 g/mol. The van der Waals surface area contributed by atoms with Crippen molar-refractivity contribution in [3.8, 4) is 0 Å². The van der Waals surface area contributed by atoms with E-state index in [0.29, 0.717) is 15.3 Å². The number of anilines is 1. The van der Waals surface area contributed by atoms with Crippen molar-refractivity contribution in [3.63, 3.8) is 0 Å². The lowest BCUT2D eigenvalue weighted by Crippen LogP contribution is -2.51. The second-order valence-corrected chi connectivity index (χ2v) is 13.0. The number of alkyl carbamates (subject to hydrolysis) is 1. The Morgan fingerprint density at radius 2 is 1.68 bits per heavy atom. The maximum Gasteiger partial charge on any atom is 0.407 e. The summed E-state index contributed by atoms with van der Waals surface area (Å²) in [5.74, 6) is -0.0128. The predicted molar refractivity (Wildman–Crippen MR) is 157 cm³/mol. The predicted octanol–water partition coefficient (Wildman–Crippen LogP) is 4.42. The number of benzene rings is 3. The smallest absolute Gasteiger partial charge is 0.407 e. The molecule has 0 aliphatic carbocycles. The molecule has 4 rings (SSSR count). The molecule has 0 aliphatic rings. The number of aliphatic hydroxyl groups excluding tert-OH is 1. The van der Waals surface area contributed by atoms with E-state index in [9.17, 15) is 18.3 Å². The molecule has 11 heteroatoms. The third kappa shape index (κ3) is 7.79.